The van der Waals surface area contributed by atoms with Crippen molar-refractivity contribution in [2.75, 3.05) is 13.2 Å². The van der Waals surface area contributed by atoms with Crippen LogP contribution < -0.4 is 15.8 Å². The predicted octanol–water partition coefficient (Wildman–Crippen LogP) is 3.05. The Hall–Kier alpha value is -1.30. The van der Waals surface area contributed by atoms with Crippen LogP contribution >= 0.6 is 12.4 Å². The molecular formula is C19H31ClN2O3. The molecule has 142 valence electrons. The van der Waals surface area contributed by atoms with E-state index in [1.807, 2.05) is 45.0 Å². The first-order valence-electron chi connectivity index (χ1n) is 8.75. The van der Waals surface area contributed by atoms with E-state index in [0.717, 1.165) is 17.7 Å². The van der Waals surface area contributed by atoms with E-state index in [1.54, 1.807) is 0 Å². The minimum absolute atomic E-state index is 0. The van der Waals surface area contributed by atoms with E-state index < -0.39 is 5.54 Å². The monoisotopic (exact) mass is 370 g/mol. The molecule has 5 nitrogen and oxygen atoms in total. The van der Waals surface area contributed by atoms with Crippen LogP contribution in [0.3, 0.4) is 0 Å². The first kappa shape index (κ1) is 21.7. The fourth-order valence-corrected chi connectivity index (χ4v) is 3.08. The van der Waals surface area contributed by atoms with Gasteiger partial charge < -0.3 is 20.5 Å². The topological polar surface area (TPSA) is 73.6 Å². The number of hydrogen-bond acceptors (Lipinski definition) is 4. The van der Waals surface area contributed by atoms with Crippen molar-refractivity contribution in [1.29, 1.82) is 0 Å². The van der Waals surface area contributed by atoms with Crippen molar-refractivity contribution in [3.05, 3.63) is 29.8 Å². The van der Waals surface area contributed by atoms with Crippen LogP contribution in [-0.4, -0.2) is 30.8 Å². The number of hydrogen-bond donors (Lipinski definition) is 2. The highest BCUT2D eigenvalue weighted by Gasteiger charge is 2.62. The zero-order chi connectivity index (χ0) is 17.8. The zero-order valence-corrected chi connectivity index (χ0v) is 16.4. The van der Waals surface area contributed by atoms with E-state index in [2.05, 4.69) is 12.2 Å². The van der Waals surface area contributed by atoms with Gasteiger partial charge >= 0.3 is 0 Å². The summed E-state index contributed by atoms with van der Waals surface area (Å²) in [6.07, 6.45) is 1.58. The summed E-state index contributed by atoms with van der Waals surface area (Å²) in [4.78, 5) is 12.6. The third kappa shape index (κ3) is 4.46. The van der Waals surface area contributed by atoms with Gasteiger partial charge in [-0.15, -0.1) is 12.4 Å². The molecule has 1 saturated carbocycles. The molecule has 1 aromatic carbocycles. The van der Waals surface area contributed by atoms with Crippen molar-refractivity contribution in [2.24, 2.45) is 11.1 Å². The van der Waals surface area contributed by atoms with Gasteiger partial charge in [0.2, 0.25) is 5.91 Å². The van der Waals surface area contributed by atoms with E-state index in [4.69, 9.17) is 15.2 Å². The maximum atomic E-state index is 12.6. The van der Waals surface area contributed by atoms with Gasteiger partial charge in [-0.1, -0.05) is 32.9 Å². The fraction of sp³-hybridized carbons (Fsp3) is 0.632. The highest BCUT2D eigenvalue weighted by molar-refractivity contribution is 5.88. The molecule has 0 saturated heterocycles. The summed E-state index contributed by atoms with van der Waals surface area (Å²) in [6, 6.07) is 7.77. The highest BCUT2D eigenvalue weighted by atomic mass is 35.5. The molecule has 0 bridgehead atoms. The Bertz CT molecular complexity index is 562. The molecule has 0 spiro atoms. The number of amides is 1. The summed E-state index contributed by atoms with van der Waals surface area (Å²) in [5.74, 6) is 0.733. The Morgan fingerprint density at radius 2 is 1.92 bits per heavy atom. The lowest BCUT2D eigenvalue weighted by atomic mass is 9.54. The Labute approximate surface area is 157 Å². The molecule has 2 atom stereocenters. The smallest absolute Gasteiger partial charge is 0.241 e. The quantitative estimate of drug-likeness (QED) is 0.737. The Morgan fingerprint density at radius 3 is 2.44 bits per heavy atom. The summed E-state index contributed by atoms with van der Waals surface area (Å²) in [6.45, 7) is 9.83. The maximum absolute atomic E-state index is 12.6. The highest BCUT2D eigenvalue weighted by Crippen LogP contribution is 2.49. The van der Waals surface area contributed by atoms with Gasteiger partial charge in [-0.2, -0.15) is 0 Å². The van der Waals surface area contributed by atoms with Crippen molar-refractivity contribution in [3.63, 3.8) is 0 Å². The summed E-state index contributed by atoms with van der Waals surface area (Å²) < 4.78 is 11.2. The van der Waals surface area contributed by atoms with Crippen LogP contribution in [-0.2, 0) is 16.1 Å². The van der Waals surface area contributed by atoms with Gasteiger partial charge in [0.15, 0.2) is 0 Å². The largest absolute Gasteiger partial charge is 0.494 e. The lowest BCUT2D eigenvalue weighted by Crippen LogP contribution is -2.75. The second-order valence-electron chi connectivity index (χ2n) is 7.02. The molecule has 6 heteroatoms. The molecule has 1 amide bonds. The molecule has 25 heavy (non-hydrogen) atoms. The lowest BCUT2D eigenvalue weighted by Gasteiger charge is -2.57. The Balaban J connectivity index is 0.00000312. The standard InChI is InChI=1S/C19H30N2O3.ClH/c1-5-11-24-15-9-7-14(8-10-15)13-21-17(22)19(20)12-16(23-6-2)18(19,3)4;/h7-10,16H,5-6,11-13,20H2,1-4H3,(H,21,22);1H. The first-order valence-corrected chi connectivity index (χ1v) is 8.75. The third-order valence-corrected chi connectivity index (χ3v) is 5.08. The summed E-state index contributed by atoms with van der Waals surface area (Å²) in [7, 11) is 0. The SMILES string of the molecule is CCCOc1ccc(CNC(=O)C2(N)CC(OCC)C2(C)C)cc1.Cl. The second kappa shape index (κ2) is 8.88. The van der Waals surface area contributed by atoms with Crippen molar-refractivity contribution in [1.82, 2.24) is 5.32 Å². The molecule has 2 rings (SSSR count). The minimum atomic E-state index is -0.878. The Kier molecular flexibility index (Phi) is 7.72. The van der Waals surface area contributed by atoms with Gasteiger partial charge in [-0.05, 0) is 31.0 Å². The van der Waals surface area contributed by atoms with Gasteiger partial charge in [0.1, 0.15) is 11.3 Å². The summed E-state index contributed by atoms with van der Waals surface area (Å²) in [5.41, 5.74) is 6.15. The Morgan fingerprint density at radius 1 is 1.28 bits per heavy atom. The molecule has 1 aromatic rings. The first-order chi connectivity index (χ1) is 11.3. The number of carbonyl (C=O) groups is 1. The van der Waals surface area contributed by atoms with Crippen LogP contribution in [0.4, 0.5) is 0 Å². The molecule has 2 unspecified atom stereocenters. The van der Waals surface area contributed by atoms with Crippen LogP contribution in [0.25, 0.3) is 0 Å². The number of halogens is 1. The molecule has 0 radical (unpaired) electrons. The molecule has 0 heterocycles. The molecule has 1 aliphatic carbocycles. The van der Waals surface area contributed by atoms with Crippen molar-refractivity contribution in [3.8, 4) is 5.75 Å². The molecular weight excluding hydrogens is 340 g/mol. The van der Waals surface area contributed by atoms with Crippen LogP contribution in [0.15, 0.2) is 24.3 Å². The second-order valence-corrected chi connectivity index (χ2v) is 7.02. The van der Waals surface area contributed by atoms with Gasteiger partial charge in [0.25, 0.3) is 0 Å². The number of ether oxygens (including phenoxy) is 2. The van der Waals surface area contributed by atoms with Gasteiger partial charge in [0.05, 0.1) is 12.7 Å². The van der Waals surface area contributed by atoms with Crippen LogP contribution in [0.2, 0.25) is 0 Å². The van der Waals surface area contributed by atoms with Crippen molar-refractivity contribution in [2.45, 2.75) is 58.7 Å². The van der Waals surface area contributed by atoms with E-state index in [-0.39, 0.29) is 29.8 Å². The van der Waals surface area contributed by atoms with Gasteiger partial charge in [-0.25, -0.2) is 0 Å². The molecule has 0 aromatic heterocycles. The summed E-state index contributed by atoms with van der Waals surface area (Å²) in [5, 5.41) is 2.96. The average Bonchev–Trinajstić information content (AvgIpc) is 2.58. The van der Waals surface area contributed by atoms with E-state index in [0.29, 0.717) is 26.2 Å². The maximum Gasteiger partial charge on any atom is 0.241 e. The van der Waals surface area contributed by atoms with Gasteiger partial charge in [0, 0.05) is 25.0 Å². The van der Waals surface area contributed by atoms with Crippen LogP contribution in [0, 0.1) is 5.41 Å². The van der Waals surface area contributed by atoms with Gasteiger partial charge in [-0.3, -0.25) is 4.79 Å². The van der Waals surface area contributed by atoms with E-state index >= 15 is 0 Å². The average molecular weight is 371 g/mol. The van der Waals surface area contributed by atoms with E-state index in [1.165, 1.54) is 0 Å². The summed E-state index contributed by atoms with van der Waals surface area (Å²) >= 11 is 0. The van der Waals surface area contributed by atoms with E-state index in [9.17, 15) is 4.79 Å². The normalized spacial score (nSPS) is 24.0. The molecule has 1 fully saturated rings. The number of benzene rings is 1. The predicted molar refractivity (Wildman–Crippen MR) is 102 cm³/mol. The molecule has 3 N–H and O–H groups in total. The zero-order valence-electron chi connectivity index (χ0n) is 15.6. The number of carbonyl (C=O) groups excluding carboxylic acids is 1. The molecule has 0 aliphatic heterocycles. The number of nitrogens with one attached hydrogen (secondary N) is 1. The van der Waals surface area contributed by atoms with Crippen LogP contribution in [0.5, 0.6) is 5.75 Å². The third-order valence-electron chi connectivity index (χ3n) is 5.08. The minimum Gasteiger partial charge on any atom is -0.494 e. The number of rotatable bonds is 8. The lowest BCUT2D eigenvalue weighted by molar-refractivity contribution is -0.170. The molecule has 1 aliphatic rings. The van der Waals surface area contributed by atoms with Crippen molar-refractivity contribution < 1.29 is 14.3 Å². The van der Waals surface area contributed by atoms with Crippen molar-refractivity contribution >= 4 is 18.3 Å². The fourth-order valence-electron chi connectivity index (χ4n) is 3.08. The number of nitrogens with two attached hydrogens (primary N) is 1. The van der Waals surface area contributed by atoms with Crippen LogP contribution in [0.1, 0.15) is 46.1 Å².